The molecule has 0 spiro atoms. The first-order valence-electron chi connectivity index (χ1n) is 3.36. The fourth-order valence-electron chi connectivity index (χ4n) is 0.717. The van der Waals surface area contributed by atoms with Crippen LogP contribution in [0.15, 0.2) is 24.5 Å². The third-order valence-electron chi connectivity index (χ3n) is 1.20. The van der Waals surface area contributed by atoms with E-state index < -0.39 is 0 Å². The summed E-state index contributed by atoms with van der Waals surface area (Å²) in [6, 6.07) is 0. The largest absolute Gasteiger partial charge is 0.327 e. The normalized spacial score (nSPS) is 11.1. The first-order chi connectivity index (χ1) is 5.33. The van der Waals surface area contributed by atoms with Crippen molar-refractivity contribution in [2.45, 2.75) is 6.54 Å². The number of allylic oxidation sites excluding steroid dienone is 1. The zero-order valence-electron chi connectivity index (χ0n) is 6.07. The molecule has 0 radical (unpaired) electrons. The highest BCUT2D eigenvalue weighted by Gasteiger charge is 1.89. The summed E-state index contributed by atoms with van der Waals surface area (Å²) in [5.41, 5.74) is 5.28. The zero-order valence-corrected chi connectivity index (χ0v) is 8.23. The number of hydrogen-bond donors (Lipinski definition) is 1. The molecule has 0 aromatic carbocycles. The van der Waals surface area contributed by atoms with E-state index in [2.05, 4.69) is 27.7 Å². The second kappa shape index (κ2) is 4.50. The summed E-state index contributed by atoms with van der Waals surface area (Å²) in [5, 5.41) is 4.10. The van der Waals surface area contributed by atoms with E-state index in [0.717, 1.165) is 10.1 Å². The molecule has 0 saturated heterocycles. The quantitative estimate of drug-likeness (QED) is 0.653. The van der Waals surface area contributed by atoms with E-state index in [4.69, 9.17) is 5.73 Å². The first-order valence-corrected chi connectivity index (χ1v) is 4.44. The smallest absolute Gasteiger partial charge is 0.0623 e. The number of halogens is 1. The van der Waals surface area contributed by atoms with Crippen LogP contribution in [0.5, 0.6) is 0 Å². The molecule has 1 aromatic heterocycles. The number of hydrogen-bond acceptors (Lipinski definition) is 2. The molecule has 0 aliphatic heterocycles. The van der Waals surface area contributed by atoms with E-state index in [1.165, 1.54) is 0 Å². The summed E-state index contributed by atoms with van der Waals surface area (Å²) in [6.07, 6.45) is 7.75. The maximum atomic E-state index is 5.28. The van der Waals surface area contributed by atoms with Crippen molar-refractivity contribution in [3.05, 3.63) is 28.1 Å². The van der Waals surface area contributed by atoms with E-state index in [1.54, 1.807) is 0 Å². The van der Waals surface area contributed by atoms with Crippen molar-refractivity contribution in [2.75, 3.05) is 6.54 Å². The van der Waals surface area contributed by atoms with Gasteiger partial charge in [0.1, 0.15) is 0 Å². The van der Waals surface area contributed by atoms with Crippen molar-refractivity contribution < 1.29 is 0 Å². The van der Waals surface area contributed by atoms with Gasteiger partial charge < -0.3 is 5.73 Å². The molecule has 0 bridgehead atoms. The van der Waals surface area contributed by atoms with Gasteiger partial charge in [-0.25, -0.2) is 0 Å². The summed E-state index contributed by atoms with van der Waals surface area (Å²) < 4.78 is 3.03. The minimum absolute atomic E-state index is 0.596. The lowest BCUT2D eigenvalue weighted by atomic mass is 10.5. The molecule has 1 aromatic rings. The highest BCUT2D eigenvalue weighted by Crippen LogP contribution is 2.00. The minimum Gasteiger partial charge on any atom is -0.327 e. The lowest BCUT2D eigenvalue weighted by molar-refractivity contribution is 0.700. The molecule has 0 unspecified atom stereocenters. The van der Waals surface area contributed by atoms with Gasteiger partial charge in [-0.1, -0.05) is 12.2 Å². The van der Waals surface area contributed by atoms with Crippen molar-refractivity contribution in [3.63, 3.8) is 0 Å². The van der Waals surface area contributed by atoms with Crippen molar-refractivity contribution in [3.8, 4) is 0 Å². The van der Waals surface area contributed by atoms with Gasteiger partial charge in [0.15, 0.2) is 0 Å². The summed E-state index contributed by atoms with van der Waals surface area (Å²) in [7, 11) is 0. The van der Waals surface area contributed by atoms with Crippen LogP contribution in [0.4, 0.5) is 0 Å². The lowest BCUT2D eigenvalue weighted by Crippen LogP contribution is -1.97. The third-order valence-corrected chi connectivity index (χ3v) is 1.75. The van der Waals surface area contributed by atoms with Crippen LogP contribution in [0.1, 0.15) is 0 Å². The van der Waals surface area contributed by atoms with Gasteiger partial charge in [0.05, 0.1) is 16.3 Å². The predicted octanol–water partition coefficient (Wildman–Crippen LogP) is 1.00. The molecule has 1 heterocycles. The molecule has 3 nitrogen and oxygen atoms in total. The summed E-state index contributed by atoms with van der Waals surface area (Å²) in [5.74, 6) is 0. The maximum Gasteiger partial charge on any atom is 0.0623 e. The van der Waals surface area contributed by atoms with Crippen LogP contribution in [-0.4, -0.2) is 16.3 Å². The number of aromatic nitrogens is 2. The molecule has 11 heavy (non-hydrogen) atoms. The molecule has 60 valence electrons. The highest BCUT2D eigenvalue weighted by atomic mass is 127. The molecule has 0 atom stereocenters. The Labute approximate surface area is 79.4 Å². The van der Waals surface area contributed by atoms with Crippen LogP contribution in [0.3, 0.4) is 0 Å². The average molecular weight is 263 g/mol. The second-order valence-corrected chi connectivity index (χ2v) is 3.33. The Morgan fingerprint density at radius 3 is 3.00 bits per heavy atom. The molecular weight excluding hydrogens is 253 g/mol. The van der Waals surface area contributed by atoms with Crippen LogP contribution in [0.2, 0.25) is 0 Å². The van der Waals surface area contributed by atoms with Gasteiger partial charge in [-0.05, 0) is 22.6 Å². The lowest BCUT2D eigenvalue weighted by Gasteiger charge is -1.91. The zero-order chi connectivity index (χ0) is 8.10. The number of nitrogens with two attached hydrogens (primary N) is 1. The Kier molecular flexibility index (Phi) is 3.58. The van der Waals surface area contributed by atoms with Gasteiger partial charge in [0, 0.05) is 12.7 Å². The third kappa shape index (κ3) is 3.02. The van der Waals surface area contributed by atoms with E-state index in [9.17, 15) is 0 Å². The Hall–Kier alpha value is -0.360. The van der Waals surface area contributed by atoms with Crippen molar-refractivity contribution >= 4 is 22.6 Å². The van der Waals surface area contributed by atoms with Gasteiger partial charge >= 0.3 is 0 Å². The molecule has 0 saturated carbocycles. The molecule has 1 rings (SSSR count). The van der Waals surface area contributed by atoms with Gasteiger partial charge in [0.25, 0.3) is 0 Å². The van der Waals surface area contributed by atoms with Gasteiger partial charge in [0.2, 0.25) is 0 Å². The van der Waals surface area contributed by atoms with E-state index >= 15 is 0 Å². The number of rotatable bonds is 3. The van der Waals surface area contributed by atoms with Crippen LogP contribution in [0.25, 0.3) is 0 Å². The van der Waals surface area contributed by atoms with Gasteiger partial charge in [-0.2, -0.15) is 5.10 Å². The van der Waals surface area contributed by atoms with Gasteiger partial charge in [-0.3, -0.25) is 4.68 Å². The maximum absolute atomic E-state index is 5.28. The van der Waals surface area contributed by atoms with E-state index in [1.807, 2.05) is 29.2 Å². The molecule has 0 aliphatic rings. The molecule has 2 N–H and O–H groups in total. The fourth-order valence-corrected chi connectivity index (χ4v) is 1.16. The van der Waals surface area contributed by atoms with Crippen LogP contribution < -0.4 is 5.73 Å². The molecule has 0 amide bonds. The highest BCUT2D eigenvalue weighted by molar-refractivity contribution is 14.1. The number of nitrogens with zero attached hydrogens (tertiary/aromatic N) is 2. The van der Waals surface area contributed by atoms with Gasteiger partial charge in [-0.15, -0.1) is 0 Å². The van der Waals surface area contributed by atoms with Crippen LogP contribution in [-0.2, 0) is 6.54 Å². The molecule has 0 aliphatic carbocycles. The molecular formula is C7H10IN3. The topological polar surface area (TPSA) is 43.8 Å². The van der Waals surface area contributed by atoms with Crippen LogP contribution >= 0.6 is 22.6 Å². The fraction of sp³-hybridized carbons (Fsp3) is 0.286. The predicted molar refractivity (Wildman–Crippen MR) is 53.1 cm³/mol. The van der Waals surface area contributed by atoms with E-state index in [0.29, 0.717) is 6.54 Å². The van der Waals surface area contributed by atoms with Crippen LogP contribution in [0, 0.1) is 3.57 Å². The SMILES string of the molecule is NCC=CCn1cc(I)cn1. The first kappa shape index (κ1) is 8.73. The van der Waals surface area contributed by atoms with E-state index in [-0.39, 0.29) is 0 Å². The Bertz CT molecular complexity index is 242. The Morgan fingerprint density at radius 1 is 1.64 bits per heavy atom. The Morgan fingerprint density at radius 2 is 2.45 bits per heavy atom. The molecule has 0 fully saturated rings. The molecule has 4 heteroatoms. The minimum atomic E-state index is 0.596. The van der Waals surface area contributed by atoms with Crippen molar-refractivity contribution in [1.29, 1.82) is 0 Å². The monoisotopic (exact) mass is 263 g/mol. The average Bonchev–Trinajstić information content (AvgIpc) is 2.37. The van der Waals surface area contributed by atoms with Crippen molar-refractivity contribution in [1.82, 2.24) is 9.78 Å². The van der Waals surface area contributed by atoms with Crippen molar-refractivity contribution in [2.24, 2.45) is 5.73 Å². The summed E-state index contributed by atoms with van der Waals surface area (Å²) in [6.45, 7) is 1.40. The summed E-state index contributed by atoms with van der Waals surface area (Å²) >= 11 is 2.23. The second-order valence-electron chi connectivity index (χ2n) is 2.09. The Balaban J connectivity index is 2.45. The summed E-state index contributed by atoms with van der Waals surface area (Å²) in [4.78, 5) is 0. The standard InChI is InChI=1S/C7H10IN3/c8-7-5-10-11(6-7)4-2-1-3-9/h1-2,5-6H,3-4,9H2.